The van der Waals surface area contributed by atoms with Gasteiger partial charge in [0.2, 0.25) is 0 Å². The van der Waals surface area contributed by atoms with Gasteiger partial charge in [-0.1, -0.05) is 142 Å². The van der Waals surface area contributed by atoms with Crippen LogP contribution in [0.1, 0.15) is 84.4 Å². The van der Waals surface area contributed by atoms with Crippen molar-refractivity contribution < 1.29 is 0 Å². The molecule has 49 heavy (non-hydrogen) atoms. The summed E-state index contributed by atoms with van der Waals surface area (Å²) in [6.07, 6.45) is 6.22. The van der Waals surface area contributed by atoms with Crippen molar-refractivity contribution in [2.45, 2.75) is 50.9 Å². The topological polar surface area (TPSA) is 9.26 Å². The van der Waals surface area contributed by atoms with E-state index in [4.69, 9.17) is 0 Å². The standard InChI is InChI=1S/C46H39N3/c1-28-14-13-21-36-40-39-34-19-9-11-22-37(34)46(2,3)41(39)32-17-7-8-18-33(32)44(40)47(42(28)36)31-26-24-30(25-27-31)45-48-38-23-12-10-20-35(38)43(49(45)48)29-15-5-4-6-16-29/h4-13,15-28,40,43-45H,14H2,1-3H3. The molecule has 6 atom stereocenters. The van der Waals surface area contributed by atoms with Crippen LogP contribution in [0.2, 0.25) is 0 Å². The molecule has 0 aromatic heterocycles. The van der Waals surface area contributed by atoms with Gasteiger partial charge in [-0.15, -0.1) is 0 Å². The molecule has 0 bridgehead atoms. The highest BCUT2D eigenvalue weighted by Crippen LogP contribution is 2.66. The molecule has 3 nitrogen and oxygen atoms in total. The van der Waals surface area contributed by atoms with Gasteiger partial charge in [0.05, 0.1) is 17.8 Å². The first-order valence-electron chi connectivity index (χ1n) is 18.0. The molecule has 0 spiro atoms. The van der Waals surface area contributed by atoms with Crippen molar-refractivity contribution >= 4 is 22.5 Å². The van der Waals surface area contributed by atoms with Gasteiger partial charge in [-0.25, -0.2) is 0 Å². The highest BCUT2D eigenvalue weighted by atomic mass is 15.9. The highest BCUT2D eigenvalue weighted by Gasteiger charge is 2.58. The van der Waals surface area contributed by atoms with Crippen LogP contribution in [-0.2, 0) is 5.41 Å². The second-order valence-corrected chi connectivity index (χ2v) is 15.3. The van der Waals surface area contributed by atoms with Crippen molar-refractivity contribution in [2.24, 2.45) is 11.8 Å². The summed E-state index contributed by atoms with van der Waals surface area (Å²) in [5, 5.41) is 5.05. The lowest BCUT2D eigenvalue weighted by molar-refractivity contribution is 0.446. The summed E-state index contributed by atoms with van der Waals surface area (Å²) in [6.45, 7) is 7.30. The molecule has 3 aliphatic carbocycles. The summed E-state index contributed by atoms with van der Waals surface area (Å²) < 4.78 is 0. The molecule has 6 unspecified atom stereocenters. The van der Waals surface area contributed by atoms with Crippen molar-refractivity contribution in [3.63, 3.8) is 0 Å². The van der Waals surface area contributed by atoms with Gasteiger partial charge in [-0.3, -0.25) is 5.01 Å². The zero-order chi connectivity index (χ0) is 32.6. The number of anilines is 2. The molecule has 3 heterocycles. The summed E-state index contributed by atoms with van der Waals surface area (Å²) in [7, 11) is 0. The summed E-state index contributed by atoms with van der Waals surface area (Å²) in [4.78, 5) is 2.74. The Kier molecular flexibility index (Phi) is 5.52. The summed E-state index contributed by atoms with van der Waals surface area (Å²) in [6, 6.07) is 48.5. The van der Waals surface area contributed by atoms with E-state index in [0.29, 0.717) is 11.8 Å². The average molecular weight is 634 g/mol. The SMILES string of the molecule is CC1CC=CC2=C1N(c1ccc(C3N4c5ccccc5C(c5ccccc5)N34)cc1)C1c3ccccc3C3=C(c4ccccc4C3(C)C)C21. The van der Waals surface area contributed by atoms with Crippen LogP contribution < -0.4 is 9.91 Å². The Morgan fingerprint density at radius 3 is 2.18 bits per heavy atom. The normalized spacial score (nSPS) is 27.7. The molecule has 5 aromatic carbocycles. The van der Waals surface area contributed by atoms with Gasteiger partial charge < -0.3 is 4.90 Å². The lowest BCUT2D eigenvalue weighted by Crippen LogP contribution is -2.32. The van der Waals surface area contributed by atoms with E-state index in [1.807, 2.05) is 0 Å². The third-order valence-corrected chi connectivity index (χ3v) is 12.4. The second kappa shape index (κ2) is 9.74. The first-order valence-corrected chi connectivity index (χ1v) is 18.0. The predicted molar refractivity (Wildman–Crippen MR) is 200 cm³/mol. The fourth-order valence-electron chi connectivity index (χ4n) is 10.4. The van der Waals surface area contributed by atoms with Crippen LogP contribution in [0.15, 0.2) is 151 Å². The van der Waals surface area contributed by atoms with E-state index in [9.17, 15) is 0 Å². The van der Waals surface area contributed by atoms with Gasteiger partial charge >= 0.3 is 0 Å². The molecule has 6 aliphatic rings. The van der Waals surface area contributed by atoms with Crippen LogP contribution in [0.4, 0.5) is 11.4 Å². The summed E-state index contributed by atoms with van der Waals surface area (Å²) in [5.41, 5.74) is 18.6. The van der Waals surface area contributed by atoms with Crippen molar-refractivity contribution in [3.8, 4) is 0 Å². The van der Waals surface area contributed by atoms with E-state index >= 15 is 0 Å². The highest BCUT2D eigenvalue weighted by molar-refractivity contribution is 6.06. The molecule has 0 radical (unpaired) electrons. The minimum atomic E-state index is -0.0456. The maximum Gasteiger partial charge on any atom is 0.141 e. The Hall–Kier alpha value is -5.12. The van der Waals surface area contributed by atoms with Crippen molar-refractivity contribution in [3.05, 3.63) is 190 Å². The monoisotopic (exact) mass is 633 g/mol. The molecule has 5 aromatic rings. The Labute approximate surface area is 289 Å². The summed E-state index contributed by atoms with van der Waals surface area (Å²) >= 11 is 0. The van der Waals surface area contributed by atoms with E-state index < -0.39 is 0 Å². The minimum Gasteiger partial charge on any atom is -0.336 e. The van der Waals surface area contributed by atoms with E-state index in [0.717, 1.165) is 6.42 Å². The fourth-order valence-corrected chi connectivity index (χ4v) is 10.4. The molecule has 11 rings (SSSR count). The van der Waals surface area contributed by atoms with E-state index in [1.54, 1.807) is 5.57 Å². The Morgan fingerprint density at radius 2 is 1.37 bits per heavy atom. The number of fused-ring (bicyclic) bond motifs is 11. The third kappa shape index (κ3) is 3.56. The van der Waals surface area contributed by atoms with Gasteiger partial charge in [0.15, 0.2) is 0 Å². The maximum atomic E-state index is 2.74. The molecular formula is C46H39N3. The van der Waals surface area contributed by atoms with Crippen molar-refractivity contribution in [1.29, 1.82) is 0 Å². The largest absolute Gasteiger partial charge is 0.336 e. The first-order chi connectivity index (χ1) is 24.0. The van der Waals surface area contributed by atoms with Crippen molar-refractivity contribution in [2.75, 3.05) is 9.91 Å². The van der Waals surface area contributed by atoms with E-state index in [1.165, 1.54) is 67.2 Å². The van der Waals surface area contributed by atoms with Crippen LogP contribution in [-0.4, -0.2) is 5.01 Å². The number of rotatable bonds is 3. The Morgan fingerprint density at radius 1 is 0.673 bits per heavy atom. The number of hydrogen-bond acceptors (Lipinski definition) is 3. The Bertz CT molecular complexity index is 2290. The molecule has 1 fully saturated rings. The van der Waals surface area contributed by atoms with E-state index in [2.05, 4.69) is 175 Å². The predicted octanol–water partition coefficient (Wildman–Crippen LogP) is 10.8. The van der Waals surface area contributed by atoms with Gasteiger partial charge in [0, 0.05) is 34.2 Å². The quantitative estimate of drug-likeness (QED) is 0.183. The molecule has 238 valence electrons. The van der Waals surface area contributed by atoms with Gasteiger partial charge in [0.1, 0.15) is 6.17 Å². The number of benzene rings is 5. The zero-order valence-electron chi connectivity index (χ0n) is 28.2. The number of para-hydroxylation sites is 1. The smallest absolute Gasteiger partial charge is 0.141 e. The molecule has 0 N–H and O–H groups in total. The number of nitrogens with zero attached hydrogens (tertiary/aromatic N) is 3. The fraction of sp³-hybridized carbons (Fsp3) is 0.217. The number of hydrogen-bond donors (Lipinski definition) is 0. The molecule has 0 amide bonds. The second-order valence-electron chi connectivity index (χ2n) is 15.3. The lowest BCUT2D eigenvalue weighted by atomic mass is 9.69. The molecule has 3 heteroatoms. The first kappa shape index (κ1) is 27.8. The lowest BCUT2D eigenvalue weighted by Gasteiger charge is -2.40. The minimum absolute atomic E-state index is 0.0456. The Balaban J connectivity index is 1.03. The number of hydrazine groups is 1. The molecular weight excluding hydrogens is 595 g/mol. The van der Waals surface area contributed by atoms with Crippen LogP contribution in [0, 0.1) is 11.8 Å². The van der Waals surface area contributed by atoms with Gasteiger partial charge in [0.25, 0.3) is 0 Å². The number of allylic oxidation sites excluding steroid dienone is 4. The zero-order valence-corrected chi connectivity index (χ0v) is 28.2. The summed E-state index contributed by atoms with van der Waals surface area (Å²) in [5.74, 6) is 0.749. The molecule has 1 saturated heterocycles. The van der Waals surface area contributed by atoms with Gasteiger partial charge in [-0.2, -0.15) is 5.01 Å². The molecule has 3 aliphatic heterocycles. The molecule has 0 saturated carbocycles. The van der Waals surface area contributed by atoms with Crippen molar-refractivity contribution in [1.82, 2.24) is 5.01 Å². The van der Waals surface area contributed by atoms with Gasteiger partial charge in [-0.05, 0) is 74.7 Å². The van der Waals surface area contributed by atoms with Crippen LogP contribution >= 0.6 is 0 Å². The maximum absolute atomic E-state index is 2.74. The van der Waals surface area contributed by atoms with Crippen LogP contribution in [0.25, 0.3) is 11.1 Å². The van der Waals surface area contributed by atoms with E-state index in [-0.39, 0.29) is 23.7 Å². The van der Waals surface area contributed by atoms with Crippen LogP contribution in [0.5, 0.6) is 0 Å². The average Bonchev–Trinajstić information content (AvgIpc) is 3.49. The third-order valence-electron chi connectivity index (χ3n) is 12.4. The van der Waals surface area contributed by atoms with Crippen LogP contribution in [0.3, 0.4) is 0 Å².